The molecular weight excluding hydrogens is 290 g/mol. The summed E-state index contributed by atoms with van der Waals surface area (Å²) in [6.07, 6.45) is 0.743. The van der Waals surface area contributed by atoms with Crippen LogP contribution in [0.1, 0.15) is 26.0 Å². The highest BCUT2D eigenvalue weighted by Gasteiger charge is 2.43. The third kappa shape index (κ3) is 2.15. The summed E-state index contributed by atoms with van der Waals surface area (Å²) in [6, 6.07) is 0. The number of halogens is 1. The molecule has 2 rings (SSSR count). The highest BCUT2D eigenvalue weighted by molar-refractivity contribution is 9.10. The van der Waals surface area contributed by atoms with Crippen LogP contribution in [0.15, 0.2) is 4.60 Å². The Bertz CT molecular complexity index is 387. The van der Waals surface area contributed by atoms with Gasteiger partial charge in [0, 0.05) is 12.8 Å². The van der Waals surface area contributed by atoms with Crippen molar-refractivity contribution >= 4 is 27.7 Å². The van der Waals surface area contributed by atoms with E-state index in [2.05, 4.69) is 40.1 Å². The molecule has 90 valence electrons. The fourth-order valence-electron chi connectivity index (χ4n) is 2.37. The molecule has 1 N–H and O–H groups in total. The summed E-state index contributed by atoms with van der Waals surface area (Å²) in [5.41, 5.74) is 0.0954. The third-order valence-corrected chi connectivity index (χ3v) is 5.03. The Balaban J connectivity index is 2.39. The fourth-order valence-corrected chi connectivity index (χ4v) is 4.40. The largest absolute Gasteiger partial charge is 0.383 e. The molecule has 1 fully saturated rings. The lowest BCUT2D eigenvalue weighted by atomic mass is 9.80. The van der Waals surface area contributed by atoms with Crippen LogP contribution in [0.25, 0.3) is 0 Å². The molecule has 0 spiro atoms. The van der Waals surface area contributed by atoms with Gasteiger partial charge in [-0.05, 0) is 33.5 Å². The van der Waals surface area contributed by atoms with Crippen molar-refractivity contribution in [3.63, 3.8) is 0 Å². The van der Waals surface area contributed by atoms with Crippen molar-refractivity contribution in [3.8, 4) is 0 Å². The zero-order chi connectivity index (χ0) is 12.0. The zero-order valence-electron chi connectivity index (χ0n) is 9.70. The van der Waals surface area contributed by atoms with Crippen molar-refractivity contribution in [2.45, 2.75) is 25.9 Å². The van der Waals surface area contributed by atoms with Crippen molar-refractivity contribution in [1.29, 1.82) is 0 Å². The second-order valence-electron chi connectivity index (χ2n) is 5.22. The van der Waals surface area contributed by atoms with E-state index in [4.69, 9.17) is 0 Å². The van der Waals surface area contributed by atoms with Crippen molar-refractivity contribution < 1.29 is 5.11 Å². The lowest BCUT2D eigenvalue weighted by molar-refractivity contribution is 0.00778. The minimum Gasteiger partial charge on any atom is -0.383 e. The van der Waals surface area contributed by atoms with E-state index >= 15 is 0 Å². The van der Waals surface area contributed by atoms with Gasteiger partial charge in [0.25, 0.3) is 0 Å². The summed E-state index contributed by atoms with van der Waals surface area (Å²) in [4.78, 5) is 0. The minimum absolute atomic E-state index is 0.140. The van der Waals surface area contributed by atoms with Gasteiger partial charge >= 0.3 is 0 Å². The first-order valence-electron chi connectivity index (χ1n) is 5.20. The van der Waals surface area contributed by atoms with Crippen LogP contribution in [-0.4, -0.2) is 31.6 Å². The molecule has 4 nitrogen and oxygen atoms in total. The molecule has 1 aromatic heterocycles. The van der Waals surface area contributed by atoms with Crippen LogP contribution in [-0.2, 0) is 12.6 Å². The summed E-state index contributed by atoms with van der Waals surface area (Å²) in [6.45, 7) is 4.36. The normalized spacial score (nSPS) is 29.3. The fraction of sp³-hybridized carbons (Fsp3) is 0.800. The van der Waals surface area contributed by atoms with Crippen LogP contribution in [0.3, 0.4) is 0 Å². The maximum atomic E-state index is 10.8. The molecule has 1 aliphatic heterocycles. The van der Waals surface area contributed by atoms with E-state index in [-0.39, 0.29) is 5.41 Å². The van der Waals surface area contributed by atoms with Gasteiger partial charge < -0.3 is 5.11 Å². The predicted octanol–water partition coefficient (Wildman–Crippen LogP) is 1.93. The van der Waals surface area contributed by atoms with E-state index in [9.17, 15) is 5.11 Å². The lowest BCUT2D eigenvalue weighted by Crippen LogP contribution is -2.41. The standard InChI is InChI=1S/C10H16BrN3OS/c1-9(2)4-10(15,6-16-5-9)7-8(11)12-13-14(7)3/h15H,4-6H2,1-3H3. The Morgan fingerprint density at radius 3 is 2.62 bits per heavy atom. The molecule has 6 heteroatoms. The molecule has 0 bridgehead atoms. The molecule has 0 aromatic carbocycles. The van der Waals surface area contributed by atoms with Crippen molar-refractivity contribution in [2.24, 2.45) is 12.5 Å². The van der Waals surface area contributed by atoms with Crippen LogP contribution < -0.4 is 0 Å². The van der Waals surface area contributed by atoms with E-state index in [1.165, 1.54) is 0 Å². The van der Waals surface area contributed by atoms with E-state index in [0.29, 0.717) is 10.4 Å². The highest BCUT2D eigenvalue weighted by atomic mass is 79.9. The molecule has 0 saturated carbocycles. The van der Waals surface area contributed by atoms with Crippen LogP contribution in [0.5, 0.6) is 0 Å². The van der Waals surface area contributed by atoms with Crippen molar-refractivity contribution in [2.75, 3.05) is 11.5 Å². The van der Waals surface area contributed by atoms with E-state index in [1.54, 1.807) is 16.4 Å². The number of hydrogen-bond acceptors (Lipinski definition) is 4. The lowest BCUT2D eigenvalue weighted by Gasteiger charge is -2.40. The van der Waals surface area contributed by atoms with Crippen LogP contribution in [0, 0.1) is 5.41 Å². The Hall–Kier alpha value is -0.0700. The second-order valence-corrected chi connectivity index (χ2v) is 6.95. The summed E-state index contributed by atoms with van der Waals surface area (Å²) in [5.74, 6) is 1.79. The average molecular weight is 306 g/mol. The highest BCUT2D eigenvalue weighted by Crippen LogP contribution is 2.45. The zero-order valence-corrected chi connectivity index (χ0v) is 12.1. The summed E-state index contributed by atoms with van der Waals surface area (Å²) in [7, 11) is 1.82. The molecule has 1 atom stereocenters. The van der Waals surface area contributed by atoms with Gasteiger partial charge in [-0.1, -0.05) is 19.1 Å². The maximum absolute atomic E-state index is 10.8. The molecule has 1 saturated heterocycles. The monoisotopic (exact) mass is 305 g/mol. The molecule has 0 aliphatic carbocycles. The third-order valence-electron chi connectivity index (χ3n) is 2.83. The number of aliphatic hydroxyl groups is 1. The Labute approximate surface area is 108 Å². The molecule has 0 amide bonds. The molecule has 1 unspecified atom stereocenters. The van der Waals surface area contributed by atoms with Gasteiger partial charge in [0.2, 0.25) is 0 Å². The van der Waals surface area contributed by atoms with Crippen LogP contribution >= 0.6 is 27.7 Å². The van der Waals surface area contributed by atoms with E-state index in [1.807, 2.05) is 7.05 Å². The van der Waals surface area contributed by atoms with Crippen molar-refractivity contribution in [1.82, 2.24) is 15.0 Å². The number of nitrogens with zero attached hydrogens (tertiary/aromatic N) is 3. The van der Waals surface area contributed by atoms with Gasteiger partial charge in [-0.25, -0.2) is 4.68 Å². The maximum Gasteiger partial charge on any atom is 0.154 e. The smallest absolute Gasteiger partial charge is 0.154 e. The number of aryl methyl sites for hydroxylation is 1. The molecule has 1 aliphatic rings. The summed E-state index contributed by atoms with van der Waals surface area (Å²) >= 11 is 5.15. The quantitative estimate of drug-likeness (QED) is 0.861. The summed E-state index contributed by atoms with van der Waals surface area (Å²) < 4.78 is 2.31. The van der Waals surface area contributed by atoms with Gasteiger partial charge in [-0.3, -0.25) is 0 Å². The Kier molecular flexibility index (Phi) is 3.09. The van der Waals surface area contributed by atoms with E-state index < -0.39 is 5.60 Å². The van der Waals surface area contributed by atoms with Crippen LogP contribution in [0.2, 0.25) is 0 Å². The second kappa shape index (κ2) is 3.99. The van der Waals surface area contributed by atoms with E-state index in [0.717, 1.165) is 17.9 Å². The first-order valence-corrected chi connectivity index (χ1v) is 7.15. The SMILES string of the molecule is Cn1nnc(Br)c1C1(O)CSCC(C)(C)C1. The van der Waals surface area contributed by atoms with Gasteiger partial charge in [0.1, 0.15) is 11.3 Å². The average Bonchev–Trinajstić information content (AvgIpc) is 2.44. The molecular formula is C10H16BrN3OS. The molecule has 1 aromatic rings. The Morgan fingerprint density at radius 1 is 1.44 bits per heavy atom. The first-order chi connectivity index (χ1) is 7.34. The van der Waals surface area contributed by atoms with Crippen molar-refractivity contribution in [3.05, 3.63) is 10.3 Å². The summed E-state index contributed by atoms with van der Waals surface area (Å²) in [5, 5.41) is 18.7. The molecule has 0 radical (unpaired) electrons. The minimum atomic E-state index is -0.830. The Morgan fingerprint density at radius 2 is 2.12 bits per heavy atom. The van der Waals surface area contributed by atoms with Gasteiger partial charge in [0.05, 0.1) is 0 Å². The molecule has 2 heterocycles. The predicted molar refractivity (Wildman–Crippen MR) is 68.3 cm³/mol. The first kappa shape index (κ1) is 12.4. The van der Waals surface area contributed by atoms with Gasteiger partial charge in [-0.15, -0.1) is 5.10 Å². The molecule has 16 heavy (non-hydrogen) atoms. The number of aromatic nitrogens is 3. The topological polar surface area (TPSA) is 50.9 Å². The van der Waals surface area contributed by atoms with Gasteiger partial charge in [-0.2, -0.15) is 11.8 Å². The number of rotatable bonds is 1. The van der Waals surface area contributed by atoms with Gasteiger partial charge in [0.15, 0.2) is 4.60 Å². The number of hydrogen-bond donors (Lipinski definition) is 1. The number of thioether (sulfide) groups is 1. The van der Waals surface area contributed by atoms with Crippen LogP contribution in [0.4, 0.5) is 0 Å².